The number of fused-ring (bicyclic) bond motifs is 1. The van der Waals surface area contributed by atoms with E-state index in [1.807, 2.05) is 26.0 Å². The van der Waals surface area contributed by atoms with Crippen molar-refractivity contribution in [3.63, 3.8) is 0 Å². The zero-order valence-corrected chi connectivity index (χ0v) is 8.22. The van der Waals surface area contributed by atoms with Gasteiger partial charge in [0.1, 0.15) is 5.84 Å². The maximum Gasteiger partial charge on any atom is 0.320 e. The average molecular weight is 191 g/mol. The molecule has 0 aromatic carbocycles. The van der Waals surface area contributed by atoms with Gasteiger partial charge in [-0.3, -0.25) is 10.7 Å². The van der Waals surface area contributed by atoms with Gasteiger partial charge in [-0.15, -0.1) is 0 Å². The molecule has 2 unspecified atom stereocenters. The third-order valence-electron chi connectivity index (χ3n) is 2.86. The van der Waals surface area contributed by atoms with Crippen molar-refractivity contribution >= 4 is 11.9 Å². The summed E-state index contributed by atoms with van der Waals surface area (Å²) in [5, 5.41) is 13.0. The number of allylic oxidation sites excluding steroid dienone is 2. The molecule has 2 rings (SSSR count). The second-order valence-electron chi connectivity index (χ2n) is 3.74. The minimum Gasteiger partial charge on any atom is -0.331 e. The van der Waals surface area contributed by atoms with Crippen LogP contribution in [0, 0.1) is 11.3 Å². The molecule has 0 saturated carbocycles. The lowest BCUT2D eigenvalue weighted by molar-refractivity contribution is 0.238. The second kappa shape index (κ2) is 2.97. The summed E-state index contributed by atoms with van der Waals surface area (Å²) in [4.78, 5) is 11.1. The predicted octanol–water partition coefficient (Wildman–Crippen LogP) is 1.17. The summed E-state index contributed by atoms with van der Waals surface area (Å²) < 4.78 is 0. The monoisotopic (exact) mass is 191 g/mol. The number of carbonyl (C=O) groups excluding carboxylic acids is 1. The third kappa shape index (κ3) is 1.23. The normalized spacial score (nSPS) is 31.0. The van der Waals surface area contributed by atoms with Crippen LogP contribution in [0.3, 0.4) is 0 Å². The molecule has 1 heterocycles. The lowest BCUT2D eigenvalue weighted by Gasteiger charge is -2.35. The molecule has 3 N–H and O–H groups in total. The molecule has 4 nitrogen and oxygen atoms in total. The maximum atomic E-state index is 11.1. The van der Waals surface area contributed by atoms with Gasteiger partial charge in [0.15, 0.2) is 0 Å². The van der Waals surface area contributed by atoms with Gasteiger partial charge in [0.25, 0.3) is 0 Å². The summed E-state index contributed by atoms with van der Waals surface area (Å²) in [7, 11) is 0. The van der Waals surface area contributed by atoms with Crippen LogP contribution in [0.2, 0.25) is 0 Å². The third-order valence-corrected chi connectivity index (χ3v) is 2.86. The SMILES string of the molecule is CC1=C(C)C2C(=N)NC(=O)NC2C=C1. The molecular weight excluding hydrogens is 178 g/mol. The molecule has 74 valence electrons. The van der Waals surface area contributed by atoms with Crippen LogP contribution >= 0.6 is 0 Å². The predicted molar refractivity (Wildman–Crippen MR) is 54.2 cm³/mol. The minimum absolute atomic E-state index is 0.0160. The second-order valence-corrected chi connectivity index (χ2v) is 3.74. The number of hydrogen-bond acceptors (Lipinski definition) is 2. The fraction of sp³-hybridized carbons (Fsp3) is 0.400. The molecule has 1 saturated heterocycles. The Labute approximate surface area is 82.6 Å². The van der Waals surface area contributed by atoms with Crippen molar-refractivity contribution < 1.29 is 4.79 Å². The number of nitrogens with one attached hydrogen (secondary N) is 3. The number of carbonyl (C=O) groups is 1. The van der Waals surface area contributed by atoms with Gasteiger partial charge in [0, 0.05) is 0 Å². The Morgan fingerprint density at radius 3 is 2.86 bits per heavy atom. The van der Waals surface area contributed by atoms with Gasteiger partial charge in [-0.25, -0.2) is 4.79 Å². The van der Waals surface area contributed by atoms with E-state index in [2.05, 4.69) is 10.6 Å². The van der Waals surface area contributed by atoms with Crippen molar-refractivity contribution in [1.29, 1.82) is 5.41 Å². The largest absolute Gasteiger partial charge is 0.331 e. The van der Waals surface area contributed by atoms with Crippen molar-refractivity contribution in [1.82, 2.24) is 10.6 Å². The average Bonchev–Trinajstić information content (AvgIpc) is 2.10. The van der Waals surface area contributed by atoms with Crippen LogP contribution in [0.25, 0.3) is 0 Å². The van der Waals surface area contributed by atoms with Gasteiger partial charge >= 0.3 is 6.03 Å². The van der Waals surface area contributed by atoms with Gasteiger partial charge in [-0.05, 0) is 13.8 Å². The molecule has 0 aromatic rings. The van der Waals surface area contributed by atoms with Crippen LogP contribution in [0.15, 0.2) is 23.3 Å². The lowest BCUT2D eigenvalue weighted by atomic mass is 9.83. The molecule has 0 aromatic heterocycles. The highest BCUT2D eigenvalue weighted by molar-refractivity contribution is 6.01. The molecule has 0 bridgehead atoms. The highest BCUT2D eigenvalue weighted by Crippen LogP contribution is 2.27. The first-order valence-electron chi connectivity index (χ1n) is 4.61. The number of hydrogen-bond donors (Lipinski definition) is 3. The van der Waals surface area contributed by atoms with E-state index in [-0.39, 0.29) is 18.0 Å². The number of urea groups is 1. The van der Waals surface area contributed by atoms with Crippen molar-refractivity contribution in [3.05, 3.63) is 23.3 Å². The summed E-state index contributed by atoms with van der Waals surface area (Å²) in [6, 6.07) is -0.340. The minimum atomic E-state index is -0.284. The molecule has 4 heteroatoms. The van der Waals surface area contributed by atoms with Crippen LogP contribution in [-0.2, 0) is 0 Å². The highest BCUT2D eigenvalue weighted by atomic mass is 16.2. The molecular formula is C10H13N3O. The highest BCUT2D eigenvalue weighted by Gasteiger charge is 2.34. The van der Waals surface area contributed by atoms with Gasteiger partial charge in [-0.2, -0.15) is 0 Å². The van der Waals surface area contributed by atoms with E-state index in [4.69, 9.17) is 5.41 Å². The molecule has 2 amide bonds. The van der Waals surface area contributed by atoms with Crippen LogP contribution in [-0.4, -0.2) is 17.9 Å². The van der Waals surface area contributed by atoms with Crippen molar-refractivity contribution in [2.45, 2.75) is 19.9 Å². The standard InChI is InChI=1S/C10H13N3O/c1-5-3-4-7-8(6(5)2)9(11)13-10(14)12-7/h3-4,7-8H,1-2H3,(H3,11,12,13,14). The molecule has 14 heavy (non-hydrogen) atoms. The maximum absolute atomic E-state index is 11.1. The first-order chi connectivity index (χ1) is 6.59. The molecule has 0 radical (unpaired) electrons. The van der Waals surface area contributed by atoms with E-state index in [0.717, 1.165) is 5.57 Å². The van der Waals surface area contributed by atoms with E-state index < -0.39 is 0 Å². The first kappa shape index (κ1) is 8.99. The summed E-state index contributed by atoms with van der Waals surface area (Å²) in [6.45, 7) is 4.02. The first-order valence-corrected chi connectivity index (χ1v) is 4.61. The van der Waals surface area contributed by atoms with Gasteiger partial charge in [0.2, 0.25) is 0 Å². The van der Waals surface area contributed by atoms with E-state index in [9.17, 15) is 4.79 Å². The number of amidine groups is 1. The van der Waals surface area contributed by atoms with Crippen LogP contribution in [0.5, 0.6) is 0 Å². The summed E-state index contributed by atoms with van der Waals surface area (Å²) in [6.07, 6.45) is 3.94. The van der Waals surface area contributed by atoms with Crippen molar-refractivity contribution in [2.24, 2.45) is 5.92 Å². The molecule has 1 aliphatic heterocycles. The molecule has 1 fully saturated rings. The Balaban J connectivity index is 2.36. The fourth-order valence-corrected chi connectivity index (χ4v) is 1.92. The summed E-state index contributed by atoms with van der Waals surface area (Å²) >= 11 is 0. The topological polar surface area (TPSA) is 65.0 Å². The van der Waals surface area contributed by atoms with Crippen molar-refractivity contribution in [3.8, 4) is 0 Å². The summed E-state index contributed by atoms with van der Waals surface area (Å²) in [5.41, 5.74) is 2.32. The smallest absolute Gasteiger partial charge is 0.320 e. The van der Waals surface area contributed by atoms with E-state index in [1.54, 1.807) is 0 Å². The van der Waals surface area contributed by atoms with Crippen LogP contribution in [0.1, 0.15) is 13.8 Å². The Hall–Kier alpha value is -1.58. The zero-order chi connectivity index (χ0) is 10.3. The molecule has 2 atom stereocenters. The van der Waals surface area contributed by atoms with Crippen LogP contribution in [0.4, 0.5) is 4.79 Å². The van der Waals surface area contributed by atoms with E-state index in [1.165, 1.54) is 5.57 Å². The molecule has 0 spiro atoms. The van der Waals surface area contributed by atoms with Gasteiger partial charge < -0.3 is 5.32 Å². The Bertz CT molecular complexity index is 368. The Kier molecular flexibility index (Phi) is 1.91. The fourth-order valence-electron chi connectivity index (χ4n) is 1.92. The van der Waals surface area contributed by atoms with E-state index in [0.29, 0.717) is 5.84 Å². The van der Waals surface area contributed by atoms with Gasteiger partial charge in [-0.1, -0.05) is 23.3 Å². The number of amides is 2. The summed E-state index contributed by atoms with van der Waals surface area (Å²) in [5.74, 6) is 0.276. The Morgan fingerprint density at radius 1 is 1.43 bits per heavy atom. The van der Waals surface area contributed by atoms with Gasteiger partial charge in [0.05, 0.1) is 12.0 Å². The lowest BCUT2D eigenvalue weighted by Crippen LogP contribution is -2.58. The van der Waals surface area contributed by atoms with Crippen LogP contribution < -0.4 is 10.6 Å². The quantitative estimate of drug-likeness (QED) is 0.528. The molecule has 2 aliphatic rings. The zero-order valence-electron chi connectivity index (χ0n) is 8.22. The number of rotatable bonds is 0. The Morgan fingerprint density at radius 2 is 2.14 bits per heavy atom. The van der Waals surface area contributed by atoms with Crippen molar-refractivity contribution in [2.75, 3.05) is 0 Å². The van der Waals surface area contributed by atoms with E-state index >= 15 is 0 Å². The molecule has 1 aliphatic carbocycles.